The Kier molecular flexibility index (Phi) is 5.00. The van der Waals surface area contributed by atoms with E-state index in [2.05, 4.69) is 20.9 Å². The molecule has 1 fully saturated rings. The zero-order valence-corrected chi connectivity index (χ0v) is 15.0. The normalized spacial score (nSPS) is 15.2. The van der Waals surface area contributed by atoms with E-state index < -0.39 is 0 Å². The van der Waals surface area contributed by atoms with Gasteiger partial charge >= 0.3 is 0 Å². The Morgan fingerprint density at radius 1 is 1.04 bits per heavy atom. The van der Waals surface area contributed by atoms with Gasteiger partial charge in [0.2, 0.25) is 0 Å². The van der Waals surface area contributed by atoms with Crippen molar-refractivity contribution in [2.75, 3.05) is 6.54 Å². The zero-order valence-electron chi connectivity index (χ0n) is 15.0. The highest BCUT2D eigenvalue weighted by Gasteiger charge is 2.14. The Bertz CT molecular complexity index is 876. The number of para-hydroxylation sites is 2. The average molecular weight is 347 g/mol. The summed E-state index contributed by atoms with van der Waals surface area (Å²) in [6, 6.07) is 16.0. The van der Waals surface area contributed by atoms with Crippen LogP contribution in [0.4, 0.5) is 0 Å². The van der Waals surface area contributed by atoms with Crippen molar-refractivity contribution in [3.63, 3.8) is 0 Å². The number of fused-ring (bicyclic) bond motifs is 1. The number of imidazole rings is 1. The maximum absolute atomic E-state index is 12.4. The summed E-state index contributed by atoms with van der Waals surface area (Å²) < 4.78 is 2.13. The number of nitrogens with one attached hydrogen (secondary N) is 1. The molecule has 2 aromatic carbocycles. The average Bonchev–Trinajstić information content (AvgIpc) is 3.10. The van der Waals surface area contributed by atoms with Crippen LogP contribution in [0.15, 0.2) is 54.9 Å². The van der Waals surface area contributed by atoms with E-state index in [-0.39, 0.29) is 5.91 Å². The van der Waals surface area contributed by atoms with E-state index in [1.54, 1.807) is 0 Å². The van der Waals surface area contributed by atoms with Gasteiger partial charge in [-0.15, -0.1) is 0 Å². The largest absolute Gasteiger partial charge is 0.352 e. The molecule has 1 aromatic heterocycles. The summed E-state index contributed by atoms with van der Waals surface area (Å²) in [6.45, 7) is 1.56. The third kappa shape index (κ3) is 3.79. The Morgan fingerprint density at radius 3 is 2.62 bits per heavy atom. The molecule has 26 heavy (non-hydrogen) atoms. The van der Waals surface area contributed by atoms with E-state index in [4.69, 9.17) is 0 Å². The summed E-state index contributed by atoms with van der Waals surface area (Å²) in [4.78, 5) is 16.8. The SMILES string of the molecule is O=C(NCC1CCCCC1)c1ccc(Cn2cnc3ccccc32)cc1. The van der Waals surface area contributed by atoms with Crippen molar-refractivity contribution in [3.05, 3.63) is 66.0 Å². The van der Waals surface area contributed by atoms with Crippen LogP contribution in [0, 0.1) is 5.92 Å². The first-order chi connectivity index (χ1) is 12.8. The van der Waals surface area contributed by atoms with Gasteiger partial charge in [0, 0.05) is 18.7 Å². The minimum Gasteiger partial charge on any atom is -0.352 e. The molecule has 0 radical (unpaired) electrons. The van der Waals surface area contributed by atoms with Crippen molar-refractivity contribution in [2.24, 2.45) is 5.92 Å². The summed E-state index contributed by atoms with van der Waals surface area (Å²) in [5, 5.41) is 3.10. The fourth-order valence-electron chi connectivity index (χ4n) is 3.82. The van der Waals surface area contributed by atoms with Crippen molar-refractivity contribution >= 4 is 16.9 Å². The molecule has 1 amide bonds. The summed E-state index contributed by atoms with van der Waals surface area (Å²) in [6.07, 6.45) is 8.32. The Labute approximate surface area is 154 Å². The molecule has 1 N–H and O–H groups in total. The van der Waals surface area contributed by atoms with Crippen molar-refractivity contribution in [3.8, 4) is 0 Å². The molecule has 4 heteroatoms. The lowest BCUT2D eigenvalue weighted by Crippen LogP contribution is -2.30. The Morgan fingerprint density at radius 2 is 1.81 bits per heavy atom. The van der Waals surface area contributed by atoms with E-state index in [0.29, 0.717) is 5.92 Å². The number of carbonyl (C=O) groups excluding carboxylic acids is 1. The number of rotatable bonds is 5. The summed E-state index contributed by atoms with van der Waals surface area (Å²) in [5.74, 6) is 0.691. The molecule has 0 saturated heterocycles. The second kappa shape index (κ2) is 7.73. The van der Waals surface area contributed by atoms with Gasteiger partial charge in [0.15, 0.2) is 0 Å². The van der Waals surface area contributed by atoms with Gasteiger partial charge in [0.05, 0.1) is 17.4 Å². The standard InChI is InChI=1S/C22H25N3O/c26-22(23-14-17-6-2-1-3-7-17)19-12-10-18(11-13-19)15-25-16-24-20-8-4-5-9-21(20)25/h4-5,8-13,16-17H,1-3,6-7,14-15H2,(H,23,26). The van der Waals surface area contributed by atoms with Gasteiger partial charge in [0.25, 0.3) is 5.91 Å². The lowest BCUT2D eigenvalue weighted by atomic mass is 9.89. The van der Waals surface area contributed by atoms with Crippen LogP contribution in [0.3, 0.4) is 0 Å². The summed E-state index contributed by atoms with van der Waals surface area (Å²) >= 11 is 0. The van der Waals surface area contributed by atoms with E-state index in [0.717, 1.165) is 35.2 Å². The lowest BCUT2D eigenvalue weighted by Gasteiger charge is -2.21. The van der Waals surface area contributed by atoms with Crippen LogP contribution >= 0.6 is 0 Å². The van der Waals surface area contributed by atoms with E-state index in [9.17, 15) is 4.79 Å². The number of aromatic nitrogens is 2. The number of nitrogens with zero attached hydrogens (tertiary/aromatic N) is 2. The molecule has 1 aliphatic carbocycles. The predicted octanol–water partition coefficient (Wildman–Crippen LogP) is 4.39. The summed E-state index contributed by atoms with van der Waals surface area (Å²) in [7, 11) is 0. The summed E-state index contributed by atoms with van der Waals surface area (Å²) in [5.41, 5.74) is 4.03. The molecule has 1 saturated carbocycles. The minimum atomic E-state index is 0.0372. The van der Waals surface area contributed by atoms with Crippen LogP contribution in [0.2, 0.25) is 0 Å². The fraction of sp³-hybridized carbons (Fsp3) is 0.364. The first kappa shape index (κ1) is 16.8. The van der Waals surface area contributed by atoms with Crippen molar-refractivity contribution in [2.45, 2.75) is 38.6 Å². The maximum Gasteiger partial charge on any atom is 0.251 e. The highest BCUT2D eigenvalue weighted by Crippen LogP contribution is 2.23. The molecule has 1 heterocycles. The van der Waals surface area contributed by atoms with E-state index in [1.807, 2.05) is 48.8 Å². The molecular weight excluding hydrogens is 322 g/mol. The third-order valence-corrected chi connectivity index (χ3v) is 5.37. The Balaban J connectivity index is 1.37. The van der Waals surface area contributed by atoms with Crippen LogP contribution in [0.25, 0.3) is 11.0 Å². The molecular formula is C22H25N3O. The van der Waals surface area contributed by atoms with Crippen molar-refractivity contribution < 1.29 is 4.79 Å². The first-order valence-electron chi connectivity index (χ1n) is 9.56. The number of hydrogen-bond donors (Lipinski definition) is 1. The topological polar surface area (TPSA) is 46.9 Å². The molecule has 0 unspecified atom stereocenters. The number of hydrogen-bond acceptors (Lipinski definition) is 2. The van der Waals surface area contributed by atoms with Crippen LogP contribution < -0.4 is 5.32 Å². The number of amides is 1. The quantitative estimate of drug-likeness (QED) is 0.744. The third-order valence-electron chi connectivity index (χ3n) is 5.37. The van der Waals surface area contributed by atoms with Gasteiger partial charge in [-0.3, -0.25) is 4.79 Å². The smallest absolute Gasteiger partial charge is 0.251 e. The molecule has 0 aliphatic heterocycles. The number of benzene rings is 2. The second-order valence-corrected chi connectivity index (χ2v) is 7.27. The molecule has 0 spiro atoms. The maximum atomic E-state index is 12.4. The highest BCUT2D eigenvalue weighted by atomic mass is 16.1. The molecule has 4 rings (SSSR count). The monoisotopic (exact) mass is 347 g/mol. The van der Waals surface area contributed by atoms with Crippen LogP contribution in [-0.4, -0.2) is 22.0 Å². The van der Waals surface area contributed by atoms with Crippen LogP contribution in [0.1, 0.15) is 48.0 Å². The van der Waals surface area contributed by atoms with Gasteiger partial charge < -0.3 is 9.88 Å². The predicted molar refractivity (Wildman–Crippen MR) is 104 cm³/mol. The zero-order chi connectivity index (χ0) is 17.8. The molecule has 1 aliphatic rings. The van der Waals surface area contributed by atoms with Gasteiger partial charge in [0.1, 0.15) is 0 Å². The second-order valence-electron chi connectivity index (χ2n) is 7.27. The van der Waals surface area contributed by atoms with E-state index >= 15 is 0 Å². The number of carbonyl (C=O) groups is 1. The fourth-order valence-corrected chi connectivity index (χ4v) is 3.82. The van der Waals surface area contributed by atoms with Gasteiger partial charge in [-0.2, -0.15) is 0 Å². The lowest BCUT2D eigenvalue weighted by molar-refractivity contribution is 0.0943. The van der Waals surface area contributed by atoms with Crippen LogP contribution in [-0.2, 0) is 6.54 Å². The van der Waals surface area contributed by atoms with Crippen LogP contribution in [0.5, 0.6) is 0 Å². The van der Waals surface area contributed by atoms with Crippen molar-refractivity contribution in [1.82, 2.24) is 14.9 Å². The first-order valence-corrected chi connectivity index (χ1v) is 9.56. The van der Waals surface area contributed by atoms with Gasteiger partial charge in [-0.05, 0) is 48.6 Å². The highest BCUT2D eigenvalue weighted by molar-refractivity contribution is 5.94. The van der Waals surface area contributed by atoms with E-state index in [1.165, 1.54) is 32.1 Å². The molecule has 3 aromatic rings. The Hall–Kier alpha value is -2.62. The molecule has 0 atom stereocenters. The van der Waals surface area contributed by atoms with Gasteiger partial charge in [-0.25, -0.2) is 4.98 Å². The molecule has 0 bridgehead atoms. The molecule has 4 nitrogen and oxygen atoms in total. The minimum absolute atomic E-state index is 0.0372. The van der Waals surface area contributed by atoms with Crippen molar-refractivity contribution in [1.29, 1.82) is 0 Å². The molecule has 134 valence electrons. The van der Waals surface area contributed by atoms with Gasteiger partial charge in [-0.1, -0.05) is 43.5 Å².